The predicted octanol–water partition coefficient (Wildman–Crippen LogP) is 2.46. The first-order valence-corrected chi connectivity index (χ1v) is 5.31. The molecule has 2 nitrogen and oxygen atoms in total. The number of aryl methyl sites for hydroxylation is 1. The first-order valence-electron chi connectivity index (χ1n) is 5.31. The maximum absolute atomic E-state index is 5.91. The lowest BCUT2D eigenvalue weighted by Crippen LogP contribution is -2.24. The highest BCUT2D eigenvalue weighted by Crippen LogP contribution is 2.21. The summed E-state index contributed by atoms with van der Waals surface area (Å²) in [4.78, 5) is 0. The zero-order valence-corrected chi connectivity index (χ0v) is 9.80. The van der Waals surface area contributed by atoms with Crippen molar-refractivity contribution in [1.29, 1.82) is 0 Å². The van der Waals surface area contributed by atoms with Gasteiger partial charge in [0, 0.05) is 0 Å². The van der Waals surface area contributed by atoms with Crippen molar-refractivity contribution in [3.05, 3.63) is 41.5 Å². The molecule has 0 radical (unpaired) electrons. The van der Waals surface area contributed by atoms with Crippen LogP contribution in [0.3, 0.4) is 0 Å². The second kappa shape index (κ2) is 5.10. The number of hydrogen-bond donors (Lipinski definition) is 2. The van der Waals surface area contributed by atoms with E-state index in [0.29, 0.717) is 0 Å². The van der Waals surface area contributed by atoms with Gasteiger partial charge in [-0.3, -0.25) is 0 Å². The molecule has 82 valence electrons. The Hall–Kier alpha value is -1.12. The summed E-state index contributed by atoms with van der Waals surface area (Å²) in [7, 11) is 1.86. The molecule has 0 aliphatic carbocycles. The molecule has 15 heavy (non-hydrogen) atoms. The lowest BCUT2D eigenvalue weighted by atomic mass is 9.96. The summed E-state index contributed by atoms with van der Waals surface area (Å²) < 4.78 is 0. The SMILES string of the molecule is C=C(C)c1cc(C(N)NC)ccc1CC. The van der Waals surface area contributed by atoms with Crippen molar-refractivity contribution < 1.29 is 0 Å². The van der Waals surface area contributed by atoms with Crippen LogP contribution in [-0.2, 0) is 6.42 Å². The van der Waals surface area contributed by atoms with Crippen LogP contribution in [0, 0.1) is 0 Å². The standard InChI is InChI=1S/C13H20N2/c1-5-10-6-7-11(13(14)15-4)8-12(10)9(2)3/h6-8,13,15H,2,5,14H2,1,3-4H3. The van der Waals surface area contributed by atoms with Gasteiger partial charge in [-0.05, 0) is 43.1 Å². The van der Waals surface area contributed by atoms with E-state index < -0.39 is 0 Å². The Bertz CT molecular complexity index is 356. The lowest BCUT2D eigenvalue weighted by molar-refractivity contribution is 0.622. The van der Waals surface area contributed by atoms with Crippen LogP contribution in [0.4, 0.5) is 0 Å². The fourth-order valence-corrected chi connectivity index (χ4v) is 1.66. The average Bonchev–Trinajstić information content (AvgIpc) is 2.27. The third kappa shape index (κ3) is 2.67. The van der Waals surface area contributed by atoms with Crippen LogP contribution in [0.5, 0.6) is 0 Å². The van der Waals surface area contributed by atoms with E-state index in [9.17, 15) is 0 Å². The fourth-order valence-electron chi connectivity index (χ4n) is 1.66. The summed E-state index contributed by atoms with van der Waals surface area (Å²) in [5.74, 6) is 0. The van der Waals surface area contributed by atoms with Crippen molar-refractivity contribution >= 4 is 5.57 Å². The van der Waals surface area contributed by atoms with Gasteiger partial charge in [0.15, 0.2) is 0 Å². The molecule has 0 bridgehead atoms. The molecule has 0 aliphatic rings. The Morgan fingerprint density at radius 1 is 1.53 bits per heavy atom. The predicted molar refractivity (Wildman–Crippen MR) is 66.5 cm³/mol. The smallest absolute Gasteiger partial charge is 0.0807 e. The van der Waals surface area contributed by atoms with Crippen molar-refractivity contribution in [1.82, 2.24) is 5.32 Å². The molecule has 0 saturated heterocycles. The highest BCUT2D eigenvalue weighted by atomic mass is 15.0. The molecule has 1 aromatic rings. The average molecular weight is 204 g/mol. The molecular weight excluding hydrogens is 184 g/mol. The molecule has 0 heterocycles. The van der Waals surface area contributed by atoms with Crippen LogP contribution in [0.15, 0.2) is 24.8 Å². The number of benzene rings is 1. The van der Waals surface area contributed by atoms with Crippen molar-refractivity contribution in [3.63, 3.8) is 0 Å². The van der Waals surface area contributed by atoms with E-state index in [0.717, 1.165) is 17.6 Å². The maximum Gasteiger partial charge on any atom is 0.0807 e. The highest BCUT2D eigenvalue weighted by Gasteiger charge is 2.07. The van der Waals surface area contributed by atoms with Gasteiger partial charge in [0.1, 0.15) is 0 Å². The normalized spacial score (nSPS) is 12.5. The summed E-state index contributed by atoms with van der Waals surface area (Å²) in [5.41, 5.74) is 10.7. The van der Waals surface area contributed by atoms with E-state index in [1.165, 1.54) is 11.1 Å². The Kier molecular flexibility index (Phi) is 4.06. The quantitative estimate of drug-likeness (QED) is 0.739. The Morgan fingerprint density at radius 3 is 2.67 bits per heavy atom. The molecule has 0 fully saturated rings. The monoisotopic (exact) mass is 204 g/mol. The first kappa shape index (κ1) is 12.0. The summed E-state index contributed by atoms with van der Waals surface area (Å²) >= 11 is 0. The van der Waals surface area contributed by atoms with E-state index in [1.807, 2.05) is 14.0 Å². The van der Waals surface area contributed by atoms with Gasteiger partial charge in [-0.2, -0.15) is 0 Å². The van der Waals surface area contributed by atoms with Crippen LogP contribution in [0.25, 0.3) is 5.57 Å². The van der Waals surface area contributed by atoms with Gasteiger partial charge < -0.3 is 11.1 Å². The molecule has 1 rings (SSSR count). The lowest BCUT2D eigenvalue weighted by Gasteiger charge is -2.15. The number of allylic oxidation sites excluding steroid dienone is 1. The summed E-state index contributed by atoms with van der Waals surface area (Å²) in [6, 6.07) is 6.34. The zero-order valence-electron chi connectivity index (χ0n) is 9.80. The molecule has 1 atom stereocenters. The molecular formula is C13H20N2. The topological polar surface area (TPSA) is 38.0 Å². The molecule has 1 unspecified atom stereocenters. The second-order valence-corrected chi connectivity index (χ2v) is 3.82. The van der Waals surface area contributed by atoms with Crippen LogP contribution in [-0.4, -0.2) is 7.05 Å². The summed E-state index contributed by atoms with van der Waals surface area (Å²) in [5, 5.41) is 3.03. The van der Waals surface area contributed by atoms with Gasteiger partial charge in [-0.15, -0.1) is 0 Å². The Morgan fingerprint density at radius 2 is 2.20 bits per heavy atom. The minimum Gasteiger partial charge on any atom is -0.312 e. The summed E-state index contributed by atoms with van der Waals surface area (Å²) in [6.07, 6.45) is 0.922. The van der Waals surface area contributed by atoms with E-state index in [4.69, 9.17) is 5.73 Å². The van der Waals surface area contributed by atoms with Gasteiger partial charge in [0.05, 0.1) is 6.17 Å². The van der Waals surface area contributed by atoms with Gasteiger partial charge in [-0.25, -0.2) is 0 Å². The van der Waals surface area contributed by atoms with Crippen LogP contribution in [0.2, 0.25) is 0 Å². The molecule has 0 amide bonds. The zero-order chi connectivity index (χ0) is 11.4. The number of rotatable bonds is 4. The van der Waals surface area contributed by atoms with Gasteiger partial charge in [0.2, 0.25) is 0 Å². The molecule has 0 saturated carbocycles. The van der Waals surface area contributed by atoms with E-state index in [-0.39, 0.29) is 6.17 Å². The Balaban J connectivity index is 3.16. The maximum atomic E-state index is 5.91. The summed E-state index contributed by atoms with van der Waals surface area (Å²) in [6.45, 7) is 8.18. The molecule has 2 heteroatoms. The van der Waals surface area contributed by atoms with Gasteiger partial charge >= 0.3 is 0 Å². The van der Waals surface area contributed by atoms with Crippen LogP contribution in [0.1, 0.15) is 36.7 Å². The van der Waals surface area contributed by atoms with Gasteiger partial charge in [0.25, 0.3) is 0 Å². The molecule has 3 N–H and O–H groups in total. The van der Waals surface area contributed by atoms with E-state index in [2.05, 4.69) is 37.0 Å². The number of nitrogens with two attached hydrogens (primary N) is 1. The number of hydrogen-bond acceptors (Lipinski definition) is 2. The van der Waals surface area contributed by atoms with Crippen molar-refractivity contribution in [2.24, 2.45) is 5.73 Å². The third-order valence-corrected chi connectivity index (χ3v) is 2.64. The van der Waals surface area contributed by atoms with Crippen LogP contribution < -0.4 is 11.1 Å². The number of nitrogens with one attached hydrogen (secondary N) is 1. The van der Waals surface area contributed by atoms with E-state index in [1.54, 1.807) is 0 Å². The molecule has 0 spiro atoms. The largest absolute Gasteiger partial charge is 0.312 e. The minimum absolute atomic E-state index is 0.103. The van der Waals surface area contributed by atoms with Gasteiger partial charge in [-0.1, -0.05) is 31.2 Å². The molecule has 1 aromatic carbocycles. The van der Waals surface area contributed by atoms with Crippen LogP contribution >= 0.6 is 0 Å². The molecule has 0 aliphatic heterocycles. The van der Waals surface area contributed by atoms with Crippen molar-refractivity contribution in [3.8, 4) is 0 Å². The highest BCUT2D eigenvalue weighted by molar-refractivity contribution is 5.65. The second-order valence-electron chi connectivity index (χ2n) is 3.82. The van der Waals surface area contributed by atoms with Crippen molar-refractivity contribution in [2.75, 3.05) is 7.05 Å². The Labute approximate surface area is 92.2 Å². The minimum atomic E-state index is -0.103. The van der Waals surface area contributed by atoms with Crippen molar-refractivity contribution in [2.45, 2.75) is 26.4 Å². The third-order valence-electron chi connectivity index (χ3n) is 2.64. The fraction of sp³-hybridized carbons (Fsp3) is 0.385. The first-order chi connectivity index (χ1) is 7.10. The molecule has 0 aromatic heterocycles. The van der Waals surface area contributed by atoms with E-state index >= 15 is 0 Å².